The predicted octanol–water partition coefficient (Wildman–Crippen LogP) is 3.76. The summed E-state index contributed by atoms with van der Waals surface area (Å²) >= 11 is 1.57. The third kappa shape index (κ3) is 2.50. The fourth-order valence-electron chi connectivity index (χ4n) is 2.61. The molecule has 0 spiro atoms. The third-order valence-corrected chi connectivity index (χ3v) is 5.09. The van der Waals surface area contributed by atoms with Gasteiger partial charge in [0.15, 0.2) is 11.4 Å². The molecule has 0 saturated heterocycles. The summed E-state index contributed by atoms with van der Waals surface area (Å²) in [7, 11) is 0. The fourth-order valence-corrected chi connectivity index (χ4v) is 3.59. The molecule has 1 aromatic heterocycles. The van der Waals surface area contributed by atoms with Gasteiger partial charge in [0.2, 0.25) is 0 Å². The van der Waals surface area contributed by atoms with Crippen molar-refractivity contribution in [3.8, 4) is 0 Å². The van der Waals surface area contributed by atoms with Crippen molar-refractivity contribution in [3.63, 3.8) is 0 Å². The minimum atomic E-state index is 0.572. The Morgan fingerprint density at radius 2 is 2.05 bits per heavy atom. The van der Waals surface area contributed by atoms with Crippen LogP contribution < -0.4 is 0 Å². The Balaban J connectivity index is 1.69. The Morgan fingerprint density at radius 3 is 2.71 bits per heavy atom. The third-order valence-electron chi connectivity index (χ3n) is 4.04. The average molecular weight is 299 g/mol. The summed E-state index contributed by atoms with van der Waals surface area (Å²) < 4.78 is 2.32. The van der Waals surface area contributed by atoms with Crippen LogP contribution in [0, 0.1) is 6.92 Å². The van der Waals surface area contributed by atoms with Crippen LogP contribution in [0.5, 0.6) is 0 Å². The molecule has 2 aliphatic rings. The Bertz CT molecular complexity index is 702. The molecule has 4 nitrogen and oxygen atoms in total. The van der Waals surface area contributed by atoms with E-state index in [0.29, 0.717) is 12.0 Å². The Morgan fingerprint density at radius 1 is 1.24 bits per heavy atom. The molecule has 21 heavy (non-hydrogen) atoms. The molecule has 0 bridgehead atoms. The van der Waals surface area contributed by atoms with Gasteiger partial charge in [0.05, 0.1) is 0 Å². The first-order chi connectivity index (χ1) is 10.3. The van der Waals surface area contributed by atoms with Crippen molar-refractivity contribution in [1.82, 2.24) is 14.8 Å². The molecule has 2 fully saturated rings. The highest BCUT2D eigenvalue weighted by molar-refractivity contribution is 7.99. The molecule has 0 amide bonds. The standard InChI is InChI=1S/C16H17N3OS/c1-10-2-7-14(12(8-10)9-20)21-16-18-17-15(11-3-4-11)19(16)13-5-6-13/h2,7-9,11,13H,3-6H2,1H3. The number of aryl methyl sites for hydroxylation is 1. The van der Waals surface area contributed by atoms with Crippen LogP contribution in [-0.4, -0.2) is 21.1 Å². The lowest BCUT2D eigenvalue weighted by atomic mass is 10.2. The van der Waals surface area contributed by atoms with Gasteiger partial charge in [-0.25, -0.2) is 0 Å². The second kappa shape index (κ2) is 4.98. The summed E-state index contributed by atoms with van der Waals surface area (Å²) in [6, 6.07) is 6.54. The van der Waals surface area contributed by atoms with Crippen molar-refractivity contribution in [2.75, 3.05) is 0 Å². The SMILES string of the molecule is Cc1ccc(Sc2nnc(C3CC3)n2C2CC2)c(C=O)c1. The van der Waals surface area contributed by atoms with E-state index < -0.39 is 0 Å². The molecule has 2 aromatic rings. The van der Waals surface area contributed by atoms with Crippen LogP contribution >= 0.6 is 11.8 Å². The van der Waals surface area contributed by atoms with Gasteiger partial charge in [0.1, 0.15) is 5.82 Å². The minimum Gasteiger partial charge on any atom is -0.302 e. The maximum absolute atomic E-state index is 11.3. The lowest BCUT2D eigenvalue weighted by Gasteiger charge is -2.09. The van der Waals surface area contributed by atoms with Crippen LogP contribution in [0.1, 0.15) is 59.4 Å². The molecule has 4 rings (SSSR count). The summed E-state index contributed by atoms with van der Waals surface area (Å²) in [6.07, 6.45) is 5.84. The van der Waals surface area contributed by atoms with Crippen molar-refractivity contribution in [2.24, 2.45) is 0 Å². The molecule has 0 unspecified atom stereocenters. The summed E-state index contributed by atoms with van der Waals surface area (Å²) in [6.45, 7) is 2.00. The molecule has 5 heteroatoms. The second-order valence-corrected chi connectivity index (χ2v) is 6.99. The van der Waals surface area contributed by atoms with E-state index in [4.69, 9.17) is 0 Å². The van der Waals surface area contributed by atoms with Crippen molar-refractivity contribution in [3.05, 3.63) is 35.2 Å². The molecule has 0 aliphatic heterocycles. The van der Waals surface area contributed by atoms with E-state index in [2.05, 4.69) is 14.8 Å². The monoisotopic (exact) mass is 299 g/mol. The van der Waals surface area contributed by atoms with Crippen molar-refractivity contribution in [1.29, 1.82) is 0 Å². The van der Waals surface area contributed by atoms with Gasteiger partial charge in [0.25, 0.3) is 0 Å². The van der Waals surface area contributed by atoms with Gasteiger partial charge in [0, 0.05) is 22.4 Å². The van der Waals surface area contributed by atoms with Crippen molar-refractivity contribution >= 4 is 18.0 Å². The van der Waals surface area contributed by atoms with Crippen LogP contribution in [-0.2, 0) is 0 Å². The van der Waals surface area contributed by atoms with E-state index in [1.807, 2.05) is 25.1 Å². The molecular weight excluding hydrogens is 282 g/mol. The van der Waals surface area contributed by atoms with Crippen LogP contribution in [0.2, 0.25) is 0 Å². The largest absolute Gasteiger partial charge is 0.302 e. The number of aromatic nitrogens is 3. The smallest absolute Gasteiger partial charge is 0.196 e. The first-order valence-electron chi connectivity index (χ1n) is 7.44. The number of aldehydes is 1. The van der Waals surface area contributed by atoms with Crippen LogP contribution in [0.4, 0.5) is 0 Å². The van der Waals surface area contributed by atoms with Gasteiger partial charge in [-0.05, 0) is 56.5 Å². The second-order valence-electron chi connectivity index (χ2n) is 5.98. The predicted molar refractivity (Wildman–Crippen MR) is 81.0 cm³/mol. The van der Waals surface area contributed by atoms with Gasteiger partial charge >= 0.3 is 0 Å². The van der Waals surface area contributed by atoms with Crippen LogP contribution in [0.25, 0.3) is 0 Å². The minimum absolute atomic E-state index is 0.572. The average Bonchev–Trinajstić information content (AvgIpc) is 3.40. The van der Waals surface area contributed by atoms with E-state index in [9.17, 15) is 4.79 Å². The number of rotatable bonds is 5. The Labute approximate surface area is 128 Å². The normalized spacial score (nSPS) is 18.0. The summed E-state index contributed by atoms with van der Waals surface area (Å²) in [5.74, 6) is 1.76. The number of benzene rings is 1. The summed E-state index contributed by atoms with van der Waals surface area (Å²) in [5.41, 5.74) is 1.84. The highest BCUT2D eigenvalue weighted by atomic mass is 32.2. The maximum atomic E-state index is 11.3. The van der Waals surface area contributed by atoms with Gasteiger partial charge in [-0.2, -0.15) is 0 Å². The van der Waals surface area contributed by atoms with Gasteiger partial charge in [-0.1, -0.05) is 11.6 Å². The molecule has 1 aromatic carbocycles. The number of carbonyl (C=O) groups excluding carboxylic acids is 1. The summed E-state index contributed by atoms with van der Waals surface area (Å²) in [4.78, 5) is 12.2. The van der Waals surface area contributed by atoms with Gasteiger partial charge in [-0.15, -0.1) is 10.2 Å². The molecule has 0 N–H and O–H groups in total. The number of hydrogen-bond donors (Lipinski definition) is 0. The van der Waals surface area contributed by atoms with E-state index in [0.717, 1.165) is 33.3 Å². The zero-order chi connectivity index (χ0) is 14.4. The van der Waals surface area contributed by atoms with E-state index in [1.54, 1.807) is 11.8 Å². The fraction of sp³-hybridized carbons (Fsp3) is 0.438. The van der Waals surface area contributed by atoms with E-state index in [1.165, 1.54) is 25.7 Å². The number of carbonyl (C=O) groups is 1. The molecule has 2 aliphatic carbocycles. The molecule has 108 valence electrons. The molecule has 0 atom stereocenters. The number of nitrogens with zero attached hydrogens (tertiary/aromatic N) is 3. The van der Waals surface area contributed by atoms with Crippen LogP contribution in [0.15, 0.2) is 28.3 Å². The maximum Gasteiger partial charge on any atom is 0.196 e. The molecule has 1 heterocycles. The lowest BCUT2D eigenvalue weighted by Crippen LogP contribution is -2.02. The van der Waals surface area contributed by atoms with Gasteiger partial charge in [-0.3, -0.25) is 4.79 Å². The Hall–Kier alpha value is -1.62. The van der Waals surface area contributed by atoms with Gasteiger partial charge < -0.3 is 4.57 Å². The first kappa shape index (κ1) is 13.1. The van der Waals surface area contributed by atoms with E-state index >= 15 is 0 Å². The van der Waals surface area contributed by atoms with E-state index in [-0.39, 0.29) is 0 Å². The first-order valence-corrected chi connectivity index (χ1v) is 8.26. The molecular formula is C16H17N3OS. The summed E-state index contributed by atoms with van der Waals surface area (Å²) in [5, 5.41) is 9.74. The highest BCUT2D eigenvalue weighted by Gasteiger charge is 2.36. The molecule has 0 radical (unpaired) electrons. The highest BCUT2D eigenvalue weighted by Crippen LogP contribution is 2.46. The molecule has 2 saturated carbocycles. The Kier molecular flexibility index (Phi) is 3.10. The lowest BCUT2D eigenvalue weighted by molar-refractivity contribution is 0.112. The van der Waals surface area contributed by atoms with Crippen molar-refractivity contribution < 1.29 is 4.79 Å². The number of hydrogen-bond acceptors (Lipinski definition) is 4. The van der Waals surface area contributed by atoms with Crippen molar-refractivity contribution in [2.45, 2.75) is 54.6 Å². The van der Waals surface area contributed by atoms with Crippen LogP contribution in [0.3, 0.4) is 0 Å². The topological polar surface area (TPSA) is 47.8 Å². The zero-order valence-corrected chi connectivity index (χ0v) is 12.8. The quantitative estimate of drug-likeness (QED) is 0.789. The zero-order valence-electron chi connectivity index (χ0n) is 12.0.